The van der Waals surface area contributed by atoms with Crippen LogP contribution in [0.4, 0.5) is 0 Å². The van der Waals surface area contributed by atoms with Gasteiger partial charge in [0, 0.05) is 13.1 Å². The Balaban J connectivity index is 2.48. The van der Waals surface area contributed by atoms with Gasteiger partial charge in [-0.3, -0.25) is 0 Å². The monoisotopic (exact) mass is 157 g/mol. The molecule has 2 heteroatoms. The Kier molecular flexibility index (Phi) is 2.55. The van der Waals surface area contributed by atoms with Crippen LogP contribution in [0.15, 0.2) is 0 Å². The van der Waals surface area contributed by atoms with Crippen molar-refractivity contribution in [3.05, 3.63) is 0 Å². The number of likely N-dealkylation sites (tertiary alicyclic amines) is 1. The third kappa shape index (κ3) is 1.94. The molecule has 1 fully saturated rings. The first-order valence-electron chi connectivity index (χ1n) is 4.51. The summed E-state index contributed by atoms with van der Waals surface area (Å²) in [5.74, 6) is 0.413. The Labute approximate surface area is 69.2 Å². The number of rotatable bonds is 1. The van der Waals surface area contributed by atoms with Crippen LogP contribution in [0.3, 0.4) is 0 Å². The Morgan fingerprint density at radius 3 is 2.73 bits per heavy atom. The van der Waals surface area contributed by atoms with Gasteiger partial charge in [0.05, 0.1) is 5.60 Å². The molecule has 1 N–H and O–H groups in total. The zero-order valence-corrected chi connectivity index (χ0v) is 7.80. The van der Waals surface area contributed by atoms with E-state index < -0.39 is 5.60 Å². The SMILES string of the molecule is CCN1CCC(C)(O)C(C)C1. The highest BCUT2D eigenvalue weighted by atomic mass is 16.3. The zero-order valence-electron chi connectivity index (χ0n) is 7.80. The average Bonchev–Trinajstić information content (AvgIpc) is 1.95. The topological polar surface area (TPSA) is 23.5 Å². The van der Waals surface area contributed by atoms with Gasteiger partial charge in [0.15, 0.2) is 0 Å². The van der Waals surface area contributed by atoms with Crippen LogP contribution in [0.2, 0.25) is 0 Å². The molecule has 1 heterocycles. The van der Waals surface area contributed by atoms with E-state index in [1.54, 1.807) is 0 Å². The number of hydrogen-bond donors (Lipinski definition) is 1. The summed E-state index contributed by atoms with van der Waals surface area (Å²) in [6.07, 6.45) is 0.919. The summed E-state index contributed by atoms with van der Waals surface area (Å²) in [7, 11) is 0. The van der Waals surface area contributed by atoms with Crippen LogP contribution in [0, 0.1) is 5.92 Å². The Hall–Kier alpha value is -0.0800. The lowest BCUT2D eigenvalue weighted by atomic mass is 9.84. The lowest BCUT2D eigenvalue weighted by Gasteiger charge is -2.40. The Morgan fingerprint density at radius 2 is 2.27 bits per heavy atom. The van der Waals surface area contributed by atoms with E-state index >= 15 is 0 Å². The van der Waals surface area contributed by atoms with Gasteiger partial charge in [-0.05, 0) is 25.8 Å². The first-order valence-corrected chi connectivity index (χ1v) is 4.51. The molecule has 2 atom stereocenters. The van der Waals surface area contributed by atoms with Crippen molar-refractivity contribution in [3.63, 3.8) is 0 Å². The fourth-order valence-corrected chi connectivity index (χ4v) is 1.59. The summed E-state index contributed by atoms with van der Waals surface area (Å²) >= 11 is 0. The van der Waals surface area contributed by atoms with Gasteiger partial charge < -0.3 is 10.0 Å². The highest BCUT2D eigenvalue weighted by Gasteiger charge is 2.33. The van der Waals surface area contributed by atoms with Gasteiger partial charge in [-0.1, -0.05) is 13.8 Å². The number of nitrogens with zero attached hydrogens (tertiary/aromatic N) is 1. The largest absolute Gasteiger partial charge is 0.390 e. The average molecular weight is 157 g/mol. The maximum absolute atomic E-state index is 9.83. The number of aliphatic hydroxyl groups is 1. The van der Waals surface area contributed by atoms with Crippen molar-refractivity contribution in [3.8, 4) is 0 Å². The van der Waals surface area contributed by atoms with E-state index in [2.05, 4.69) is 18.7 Å². The van der Waals surface area contributed by atoms with E-state index in [-0.39, 0.29) is 0 Å². The molecule has 0 spiro atoms. The van der Waals surface area contributed by atoms with Crippen molar-refractivity contribution in [1.29, 1.82) is 0 Å². The van der Waals surface area contributed by atoms with Crippen LogP contribution in [0.5, 0.6) is 0 Å². The first-order chi connectivity index (χ1) is 5.06. The van der Waals surface area contributed by atoms with E-state index in [1.165, 1.54) is 0 Å². The van der Waals surface area contributed by atoms with Crippen LogP contribution >= 0.6 is 0 Å². The van der Waals surface area contributed by atoms with E-state index in [0.717, 1.165) is 26.1 Å². The fraction of sp³-hybridized carbons (Fsp3) is 1.00. The molecule has 0 aromatic carbocycles. The molecule has 1 saturated heterocycles. The third-order valence-corrected chi connectivity index (χ3v) is 2.98. The molecule has 1 aliphatic rings. The lowest BCUT2D eigenvalue weighted by molar-refractivity contribution is -0.0492. The summed E-state index contributed by atoms with van der Waals surface area (Å²) < 4.78 is 0. The Morgan fingerprint density at radius 1 is 1.64 bits per heavy atom. The maximum atomic E-state index is 9.83. The Bertz CT molecular complexity index is 134. The predicted octanol–water partition coefficient (Wildman–Crippen LogP) is 1.10. The molecule has 0 aromatic heterocycles. The smallest absolute Gasteiger partial charge is 0.0669 e. The van der Waals surface area contributed by atoms with Gasteiger partial charge in [-0.25, -0.2) is 0 Å². The fourth-order valence-electron chi connectivity index (χ4n) is 1.59. The molecular formula is C9H19NO. The molecule has 66 valence electrons. The van der Waals surface area contributed by atoms with Crippen LogP contribution < -0.4 is 0 Å². The maximum Gasteiger partial charge on any atom is 0.0669 e. The van der Waals surface area contributed by atoms with E-state index in [4.69, 9.17) is 0 Å². The first kappa shape index (κ1) is 9.01. The molecule has 2 unspecified atom stereocenters. The van der Waals surface area contributed by atoms with Gasteiger partial charge in [-0.15, -0.1) is 0 Å². The van der Waals surface area contributed by atoms with Crippen molar-refractivity contribution >= 4 is 0 Å². The summed E-state index contributed by atoms with van der Waals surface area (Å²) in [4.78, 5) is 2.39. The van der Waals surface area contributed by atoms with E-state index in [9.17, 15) is 5.11 Å². The summed E-state index contributed by atoms with van der Waals surface area (Å²) in [5.41, 5.74) is -0.425. The zero-order chi connectivity index (χ0) is 8.48. The molecule has 2 nitrogen and oxygen atoms in total. The van der Waals surface area contributed by atoms with Crippen molar-refractivity contribution in [2.45, 2.75) is 32.8 Å². The minimum absolute atomic E-state index is 0.413. The van der Waals surface area contributed by atoms with Crippen LogP contribution in [0.1, 0.15) is 27.2 Å². The van der Waals surface area contributed by atoms with Gasteiger partial charge in [-0.2, -0.15) is 0 Å². The summed E-state index contributed by atoms with van der Waals surface area (Å²) in [6, 6.07) is 0. The lowest BCUT2D eigenvalue weighted by Crippen LogP contribution is -2.48. The van der Waals surface area contributed by atoms with Crippen molar-refractivity contribution in [2.24, 2.45) is 5.92 Å². The molecule has 0 aromatic rings. The predicted molar refractivity (Wildman–Crippen MR) is 46.5 cm³/mol. The highest BCUT2D eigenvalue weighted by Crippen LogP contribution is 2.26. The standard InChI is InChI=1S/C9H19NO/c1-4-10-6-5-9(3,11)8(2)7-10/h8,11H,4-7H2,1-3H3. The second-order valence-corrected chi connectivity index (χ2v) is 3.90. The van der Waals surface area contributed by atoms with Gasteiger partial charge in [0.2, 0.25) is 0 Å². The van der Waals surface area contributed by atoms with Gasteiger partial charge in [0.25, 0.3) is 0 Å². The minimum Gasteiger partial charge on any atom is -0.390 e. The highest BCUT2D eigenvalue weighted by molar-refractivity contribution is 4.86. The molecule has 0 saturated carbocycles. The van der Waals surface area contributed by atoms with E-state index in [1.807, 2.05) is 6.92 Å². The summed E-state index contributed by atoms with van der Waals surface area (Å²) in [6.45, 7) is 9.46. The van der Waals surface area contributed by atoms with Crippen molar-refractivity contribution < 1.29 is 5.11 Å². The van der Waals surface area contributed by atoms with Crippen LogP contribution in [-0.4, -0.2) is 35.2 Å². The minimum atomic E-state index is -0.425. The summed E-state index contributed by atoms with van der Waals surface area (Å²) in [5, 5.41) is 9.83. The van der Waals surface area contributed by atoms with Crippen molar-refractivity contribution in [2.75, 3.05) is 19.6 Å². The molecule has 0 radical (unpaired) electrons. The quantitative estimate of drug-likeness (QED) is 0.616. The number of hydrogen-bond acceptors (Lipinski definition) is 2. The third-order valence-electron chi connectivity index (χ3n) is 2.98. The normalized spacial score (nSPS) is 40.9. The van der Waals surface area contributed by atoms with E-state index in [0.29, 0.717) is 5.92 Å². The van der Waals surface area contributed by atoms with Crippen molar-refractivity contribution in [1.82, 2.24) is 4.90 Å². The molecule has 0 aliphatic carbocycles. The number of piperidine rings is 1. The molecule has 1 rings (SSSR count). The molecule has 0 amide bonds. The van der Waals surface area contributed by atoms with Gasteiger partial charge >= 0.3 is 0 Å². The van der Waals surface area contributed by atoms with Gasteiger partial charge in [0.1, 0.15) is 0 Å². The second-order valence-electron chi connectivity index (χ2n) is 3.90. The van der Waals surface area contributed by atoms with Crippen LogP contribution in [-0.2, 0) is 0 Å². The molecule has 0 bridgehead atoms. The molecule has 11 heavy (non-hydrogen) atoms. The second kappa shape index (κ2) is 3.11. The molecule has 1 aliphatic heterocycles. The van der Waals surface area contributed by atoms with Crippen LogP contribution in [0.25, 0.3) is 0 Å². The molecular weight excluding hydrogens is 138 g/mol.